The van der Waals surface area contributed by atoms with Gasteiger partial charge in [-0.1, -0.05) is 36.8 Å². The monoisotopic (exact) mass is 344 g/mol. The van der Waals surface area contributed by atoms with Gasteiger partial charge >= 0.3 is 0 Å². The van der Waals surface area contributed by atoms with Crippen LogP contribution < -0.4 is 0 Å². The molecule has 26 heavy (non-hydrogen) atoms. The van der Waals surface area contributed by atoms with Crippen LogP contribution in [0.25, 0.3) is 11.6 Å². The molecule has 0 amide bonds. The second-order valence-corrected chi connectivity index (χ2v) is 6.53. The molecule has 0 aliphatic carbocycles. The Bertz CT molecular complexity index is 958. The fourth-order valence-electron chi connectivity index (χ4n) is 3.31. The van der Waals surface area contributed by atoms with E-state index in [4.69, 9.17) is 0 Å². The van der Waals surface area contributed by atoms with Crippen molar-refractivity contribution in [2.24, 2.45) is 0 Å². The van der Waals surface area contributed by atoms with E-state index in [1.165, 1.54) is 12.0 Å². The van der Waals surface area contributed by atoms with E-state index in [-0.39, 0.29) is 0 Å². The van der Waals surface area contributed by atoms with Crippen LogP contribution >= 0.6 is 0 Å². The summed E-state index contributed by atoms with van der Waals surface area (Å²) in [6.45, 7) is 1.58. The Hall–Kier alpha value is -3.20. The highest BCUT2D eigenvalue weighted by atomic mass is 15.3. The highest BCUT2D eigenvalue weighted by Gasteiger charge is 2.17. The summed E-state index contributed by atoms with van der Waals surface area (Å²) in [6, 6.07) is 12.5. The molecule has 0 bridgehead atoms. The van der Waals surface area contributed by atoms with Crippen LogP contribution in [0.3, 0.4) is 0 Å². The van der Waals surface area contributed by atoms with E-state index < -0.39 is 0 Å². The Morgan fingerprint density at radius 3 is 2.88 bits per heavy atom. The first kappa shape index (κ1) is 16.3. The molecule has 1 aliphatic heterocycles. The van der Waals surface area contributed by atoms with Crippen LogP contribution in [0.15, 0.2) is 42.7 Å². The molecule has 1 aromatic carbocycles. The zero-order valence-corrected chi connectivity index (χ0v) is 14.5. The predicted molar refractivity (Wildman–Crippen MR) is 98.8 cm³/mol. The maximum Gasteiger partial charge on any atom is 0.174 e. The summed E-state index contributed by atoms with van der Waals surface area (Å²) in [7, 11) is 0. The third kappa shape index (κ3) is 3.42. The molecule has 0 unspecified atom stereocenters. The summed E-state index contributed by atoms with van der Waals surface area (Å²) in [6.07, 6.45) is 9.93. The minimum absolute atomic E-state index is 0.532. The second kappa shape index (κ2) is 7.36. The highest BCUT2D eigenvalue weighted by molar-refractivity contribution is 5.86. The predicted octanol–water partition coefficient (Wildman–Crippen LogP) is 3.31. The Kier molecular flexibility index (Phi) is 4.61. The smallest absolute Gasteiger partial charge is 0.174 e. The lowest BCUT2D eigenvalue weighted by Crippen LogP contribution is -2.05. The number of fused-ring (bicyclic) bond motifs is 1. The van der Waals surface area contributed by atoms with Gasteiger partial charge in [-0.05, 0) is 24.5 Å². The van der Waals surface area contributed by atoms with Gasteiger partial charge in [-0.15, -0.1) is 10.2 Å². The molecule has 1 aliphatic rings. The lowest BCUT2D eigenvalue weighted by atomic mass is 10.2. The molecular formula is C20H20N6. The number of hydrogen-bond donors (Lipinski definition) is 0. The summed E-state index contributed by atoms with van der Waals surface area (Å²) in [5.41, 5.74) is 2.61. The fourth-order valence-corrected chi connectivity index (χ4v) is 3.31. The number of rotatable bonds is 4. The van der Waals surface area contributed by atoms with Crippen molar-refractivity contribution in [3.63, 3.8) is 0 Å². The molecule has 0 saturated heterocycles. The zero-order chi connectivity index (χ0) is 17.8. The molecule has 2 aromatic heterocycles. The molecular weight excluding hydrogens is 324 g/mol. The average Bonchev–Trinajstić information content (AvgIpc) is 3.20. The van der Waals surface area contributed by atoms with Gasteiger partial charge in [-0.2, -0.15) is 10.4 Å². The van der Waals surface area contributed by atoms with Crippen LogP contribution in [0.5, 0.6) is 0 Å². The van der Waals surface area contributed by atoms with E-state index in [0.29, 0.717) is 17.9 Å². The van der Waals surface area contributed by atoms with Crippen LogP contribution in [0.2, 0.25) is 0 Å². The first-order chi connectivity index (χ1) is 12.8. The zero-order valence-electron chi connectivity index (χ0n) is 14.5. The molecule has 0 atom stereocenters. The third-order valence-electron chi connectivity index (χ3n) is 4.62. The molecule has 130 valence electrons. The van der Waals surface area contributed by atoms with Crippen molar-refractivity contribution in [2.75, 3.05) is 0 Å². The summed E-state index contributed by atoms with van der Waals surface area (Å²) >= 11 is 0. The van der Waals surface area contributed by atoms with Gasteiger partial charge in [0.05, 0.1) is 18.3 Å². The summed E-state index contributed by atoms with van der Waals surface area (Å²) in [5.74, 6) is 1.65. The van der Waals surface area contributed by atoms with Crippen molar-refractivity contribution >= 4 is 11.6 Å². The first-order valence-electron chi connectivity index (χ1n) is 8.94. The Morgan fingerprint density at radius 1 is 1.15 bits per heavy atom. The number of aryl methyl sites for hydroxylation is 1. The Labute approximate surface area is 152 Å². The number of nitriles is 1. The van der Waals surface area contributed by atoms with Gasteiger partial charge < -0.3 is 4.57 Å². The first-order valence-corrected chi connectivity index (χ1v) is 8.94. The summed E-state index contributed by atoms with van der Waals surface area (Å²) < 4.78 is 3.97. The summed E-state index contributed by atoms with van der Waals surface area (Å²) in [5, 5.41) is 22.6. The molecule has 0 spiro atoms. The molecule has 0 radical (unpaired) electrons. The number of benzene rings is 1. The van der Waals surface area contributed by atoms with Crippen molar-refractivity contribution in [3.8, 4) is 6.07 Å². The molecule has 3 aromatic rings. The van der Waals surface area contributed by atoms with Crippen molar-refractivity contribution < 1.29 is 0 Å². The van der Waals surface area contributed by atoms with Crippen molar-refractivity contribution in [2.45, 2.75) is 38.8 Å². The van der Waals surface area contributed by atoms with E-state index in [0.717, 1.165) is 37.2 Å². The molecule has 3 heterocycles. The minimum Gasteiger partial charge on any atom is -0.310 e. The molecule has 6 heteroatoms. The fraction of sp³-hybridized carbons (Fsp3) is 0.300. The van der Waals surface area contributed by atoms with Crippen molar-refractivity contribution in [1.82, 2.24) is 24.5 Å². The largest absolute Gasteiger partial charge is 0.310 e. The molecule has 0 fully saturated rings. The third-order valence-corrected chi connectivity index (χ3v) is 4.62. The maximum atomic E-state index is 9.65. The van der Waals surface area contributed by atoms with Gasteiger partial charge in [-0.3, -0.25) is 4.68 Å². The van der Waals surface area contributed by atoms with E-state index in [9.17, 15) is 5.26 Å². The van der Waals surface area contributed by atoms with Gasteiger partial charge in [0.2, 0.25) is 0 Å². The number of allylic oxidation sites excluding steroid dienone is 1. The molecule has 4 rings (SSSR count). The average molecular weight is 344 g/mol. The number of aromatic nitrogens is 5. The Morgan fingerprint density at radius 2 is 2.04 bits per heavy atom. The lowest BCUT2D eigenvalue weighted by Gasteiger charge is -2.05. The van der Waals surface area contributed by atoms with Crippen LogP contribution in [0.1, 0.15) is 42.0 Å². The molecule has 6 nitrogen and oxygen atoms in total. The van der Waals surface area contributed by atoms with Crippen LogP contribution in [0, 0.1) is 11.3 Å². The highest BCUT2D eigenvalue weighted by Crippen LogP contribution is 2.21. The van der Waals surface area contributed by atoms with Crippen LogP contribution in [-0.2, 0) is 19.5 Å². The van der Waals surface area contributed by atoms with Gasteiger partial charge in [0.15, 0.2) is 5.82 Å². The van der Waals surface area contributed by atoms with E-state index in [1.807, 2.05) is 35.2 Å². The standard InChI is InChI=1S/C20H20N6/c21-12-18(20-24-23-19-9-5-2-6-10-26(19)20)11-17-13-22-25(15-17)14-16-7-3-1-4-8-16/h1,3-4,7-8,11,13,15H,2,5-6,9-10,14H2/b18-11-. The van der Waals surface area contributed by atoms with E-state index in [1.54, 1.807) is 6.20 Å². The van der Waals surface area contributed by atoms with Gasteiger partial charge in [-0.25, -0.2) is 0 Å². The normalized spacial score (nSPS) is 14.5. The maximum absolute atomic E-state index is 9.65. The van der Waals surface area contributed by atoms with Gasteiger partial charge in [0, 0.05) is 24.7 Å². The lowest BCUT2D eigenvalue weighted by molar-refractivity contribution is 0.627. The second-order valence-electron chi connectivity index (χ2n) is 6.53. The van der Waals surface area contributed by atoms with Crippen LogP contribution in [-0.4, -0.2) is 24.5 Å². The SMILES string of the molecule is N#C/C(=C/c1cnn(Cc2ccccc2)c1)c1nnc2n1CCCCC2. The van der Waals surface area contributed by atoms with Crippen molar-refractivity contribution in [3.05, 3.63) is 65.5 Å². The van der Waals surface area contributed by atoms with Crippen LogP contribution in [0.4, 0.5) is 0 Å². The van der Waals surface area contributed by atoms with E-state index >= 15 is 0 Å². The quantitative estimate of drug-likeness (QED) is 0.681. The minimum atomic E-state index is 0.532. The number of nitrogens with zero attached hydrogens (tertiary/aromatic N) is 6. The molecule has 0 N–H and O–H groups in total. The summed E-state index contributed by atoms with van der Waals surface area (Å²) in [4.78, 5) is 0. The van der Waals surface area contributed by atoms with Gasteiger partial charge in [0.25, 0.3) is 0 Å². The molecule has 0 saturated carbocycles. The van der Waals surface area contributed by atoms with E-state index in [2.05, 4.69) is 38.1 Å². The Balaban J connectivity index is 1.59. The number of hydrogen-bond acceptors (Lipinski definition) is 4. The van der Waals surface area contributed by atoms with Crippen molar-refractivity contribution in [1.29, 1.82) is 5.26 Å². The van der Waals surface area contributed by atoms with Gasteiger partial charge in [0.1, 0.15) is 11.9 Å². The topological polar surface area (TPSA) is 72.3 Å².